The Kier molecular flexibility index (Phi) is 8.69. The summed E-state index contributed by atoms with van der Waals surface area (Å²) < 4.78 is 33.8. The molecule has 0 unspecified atom stereocenters. The number of hydrogen-bond acceptors (Lipinski definition) is 6. The molecule has 0 spiro atoms. The molecule has 2 aromatic carbocycles. The number of halogens is 2. The van der Waals surface area contributed by atoms with Gasteiger partial charge in [-0.3, -0.25) is 9.59 Å². The molecule has 1 heterocycles. The molecule has 2 amide bonds. The van der Waals surface area contributed by atoms with Crippen molar-refractivity contribution in [3.8, 4) is 5.75 Å². The summed E-state index contributed by atoms with van der Waals surface area (Å²) in [5, 5.41) is 4.42. The first-order valence-electron chi connectivity index (χ1n) is 10.2. The van der Waals surface area contributed by atoms with Gasteiger partial charge >= 0.3 is 12.6 Å². The SMILES string of the molecule is CN(C(=O)c1cccs1)c1ccccc1C(=O)OCC(=O)NCCc1ccc(OC(F)F)cc1. The van der Waals surface area contributed by atoms with Crippen molar-refractivity contribution in [2.45, 2.75) is 13.0 Å². The van der Waals surface area contributed by atoms with Crippen LogP contribution < -0.4 is 15.0 Å². The number of nitrogens with one attached hydrogen (secondary N) is 1. The maximum Gasteiger partial charge on any atom is 0.387 e. The largest absolute Gasteiger partial charge is 0.452 e. The van der Waals surface area contributed by atoms with Crippen molar-refractivity contribution in [3.05, 3.63) is 82.0 Å². The predicted molar refractivity (Wildman–Crippen MR) is 124 cm³/mol. The third-order valence-corrected chi connectivity index (χ3v) is 5.60. The molecule has 0 fully saturated rings. The molecule has 178 valence electrons. The highest BCUT2D eigenvalue weighted by atomic mass is 32.1. The average molecular weight is 489 g/mol. The molecule has 0 aliphatic carbocycles. The molecule has 0 bridgehead atoms. The van der Waals surface area contributed by atoms with Gasteiger partial charge in [-0.2, -0.15) is 8.78 Å². The Morgan fingerprint density at radius 1 is 1.03 bits per heavy atom. The molecule has 0 aliphatic rings. The molecule has 0 aliphatic heterocycles. The van der Waals surface area contributed by atoms with E-state index in [1.807, 2.05) is 0 Å². The number of anilines is 1. The minimum Gasteiger partial charge on any atom is -0.452 e. The number of carbonyl (C=O) groups excluding carboxylic acids is 3. The van der Waals surface area contributed by atoms with Gasteiger partial charge in [0.05, 0.1) is 16.1 Å². The lowest BCUT2D eigenvalue weighted by molar-refractivity contribution is -0.124. The fraction of sp³-hybridized carbons (Fsp3) is 0.208. The molecule has 1 aromatic heterocycles. The topological polar surface area (TPSA) is 84.9 Å². The molecule has 1 N–H and O–H groups in total. The van der Waals surface area contributed by atoms with Crippen LogP contribution in [0.2, 0.25) is 0 Å². The molecule has 0 saturated heterocycles. The number of benzene rings is 2. The maximum atomic E-state index is 12.6. The minimum atomic E-state index is -2.89. The van der Waals surface area contributed by atoms with E-state index in [-0.39, 0.29) is 23.8 Å². The summed E-state index contributed by atoms with van der Waals surface area (Å²) in [5.74, 6) is -1.43. The minimum absolute atomic E-state index is 0.0534. The number of thiophene rings is 1. The summed E-state index contributed by atoms with van der Waals surface area (Å²) in [6.07, 6.45) is 0.451. The second-order valence-corrected chi connectivity index (χ2v) is 8.00. The van der Waals surface area contributed by atoms with E-state index >= 15 is 0 Å². The van der Waals surface area contributed by atoms with Gasteiger partial charge in [-0.15, -0.1) is 11.3 Å². The van der Waals surface area contributed by atoms with Crippen molar-refractivity contribution in [2.24, 2.45) is 0 Å². The molecule has 3 aromatic rings. The number of rotatable bonds is 10. The average Bonchev–Trinajstić information content (AvgIpc) is 3.37. The second-order valence-electron chi connectivity index (χ2n) is 7.06. The highest BCUT2D eigenvalue weighted by Gasteiger charge is 2.21. The van der Waals surface area contributed by atoms with Gasteiger partial charge in [0.15, 0.2) is 6.61 Å². The number of carbonyl (C=O) groups is 3. The second kappa shape index (κ2) is 11.9. The first-order valence-corrected chi connectivity index (χ1v) is 11.1. The van der Waals surface area contributed by atoms with Crippen LogP contribution in [0.15, 0.2) is 66.0 Å². The lowest BCUT2D eigenvalue weighted by Gasteiger charge is -2.19. The highest BCUT2D eigenvalue weighted by molar-refractivity contribution is 7.12. The molecule has 0 atom stereocenters. The number of amides is 2. The Morgan fingerprint density at radius 3 is 2.44 bits per heavy atom. The first kappa shape index (κ1) is 24.8. The smallest absolute Gasteiger partial charge is 0.387 e. The van der Waals surface area contributed by atoms with Crippen LogP contribution in [-0.2, 0) is 16.0 Å². The summed E-state index contributed by atoms with van der Waals surface area (Å²) in [5.41, 5.74) is 1.34. The van der Waals surface area contributed by atoms with E-state index in [4.69, 9.17) is 4.74 Å². The van der Waals surface area contributed by atoms with Crippen LogP contribution in [0.25, 0.3) is 0 Å². The Labute approximate surface area is 198 Å². The number of ether oxygens (including phenoxy) is 2. The van der Waals surface area contributed by atoms with Crippen molar-refractivity contribution >= 4 is 34.8 Å². The van der Waals surface area contributed by atoms with Gasteiger partial charge in [0.2, 0.25) is 0 Å². The molecule has 0 radical (unpaired) electrons. The van der Waals surface area contributed by atoms with Gasteiger partial charge in [-0.05, 0) is 47.7 Å². The Hall–Kier alpha value is -3.79. The van der Waals surface area contributed by atoms with Gasteiger partial charge in [-0.1, -0.05) is 30.3 Å². The van der Waals surface area contributed by atoms with Crippen molar-refractivity contribution in [2.75, 3.05) is 25.1 Å². The molecule has 0 saturated carbocycles. The maximum absolute atomic E-state index is 12.6. The van der Waals surface area contributed by atoms with Gasteiger partial charge in [0.25, 0.3) is 11.8 Å². The van der Waals surface area contributed by atoms with Gasteiger partial charge < -0.3 is 19.7 Å². The van der Waals surface area contributed by atoms with E-state index in [2.05, 4.69) is 10.1 Å². The first-order chi connectivity index (χ1) is 16.3. The molecule has 7 nitrogen and oxygen atoms in total. The highest BCUT2D eigenvalue weighted by Crippen LogP contribution is 2.23. The number of nitrogens with zero attached hydrogens (tertiary/aromatic N) is 1. The predicted octanol–water partition coefficient (Wildman–Crippen LogP) is 4.14. The summed E-state index contributed by atoms with van der Waals surface area (Å²) in [6, 6.07) is 16.0. The third kappa shape index (κ3) is 6.85. The van der Waals surface area contributed by atoms with Gasteiger partial charge in [-0.25, -0.2) is 4.79 Å². The number of para-hydroxylation sites is 1. The standard InChI is InChI=1S/C24H22F2N2O5S/c1-28(22(30)20-7-4-14-34-20)19-6-3-2-5-18(19)23(31)32-15-21(29)27-13-12-16-8-10-17(11-9-16)33-24(25)26/h2-11,14,24H,12-13,15H2,1H3,(H,27,29). The van der Waals surface area contributed by atoms with Gasteiger partial charge in [0.1, 0.15) is 5.75 Å². The van der Waals surface area contributed by atoms with Crippen molar-refractivity contribution < 1.29 is 32.6 Å². The summed E-state index contributed by atoms with van der Waals surface area (Å²) in [7, 11) is 1.56. The lowest BCUT2D eigenvalue weighted by atomic mass is 10.1. The van der Waals surface area contributed by atoms with Crippen molar-refractivity contribution in [1.29, 1.82) is 0 Å². The fourth-order valence-corrected chi connectivity index (χ4v) is 3.76. The monoisotopic (exact) mass is 488 g/mol. The number of alkyl halides is 2. The Bertz CT molecular complexity index is 1120. The van der Waals surface area contributed by atoms with E-state index in [9.17, 15) is 23.2 Å². The fourth-order valence-electron chi connectivity index (χ4n) is 3.06. The molecular weight excluding hydrogens is 466 g/mol. The van der Waals surface area contributed by atoms with Crippen molar-refractivity contribution in [3.63, 3.8) is 0 Å². The number of hydrogen-bond donors (Lipinski definition) is 1. The zero-order valence-corrected chi connectivity index (χ0v) is 19.0. The van der Waals surface area contributed by atoms with Gasteiger partial charge in [0, 0.05) is 13.6 Å². The zero-order valence-electron chi connectivity index (χ0n) is 18.2. The van der Waals surface area contributed by atoms with E-state index in [1.165, 1.54) is 34.4 Å². The van der Waals surface area contributed by atoms with Crippen LogP contribution in [0, 0.1) is 0 Å². The van der Waals surface area contributed by atoms with Crippen LogP contribution >= 0.6 is 11.3 Å². The Balaban J connectivity index is 1.49. The quantitative estimate of drug-likeness (QED) is 0.434. The van der Waals surface area contributed by atoms with Crippen molar-refractivity contribution in [1.82, 2.24) is 5.32 Å². The summed E-state index contributed by atoms with van der Waals surface area (Å²) in [6.45, 7) is -3.11. The van der Waals surface area contributed by atoms with Crippen LogP contribution in [-0.4, -0.2) is 44.6 Å². The number of esters is 1. The normalized spacial score (nSPS) is 10.6. The summed E-state index contributed by atoms with van der Waals surface area (Å²) >= 11 is 1.29. The third-order valence-electron chi connectivity index (χ3n) is 4.74. The molecule has 10 heteroatoms. The molecule has 3 rings (SSSR count). The van der Waals surface area contributed by atoms with E-state index in [1.54, 1.807) is 54.9 Å². The van der Waals surface area contributed by atoms with Crippen LogP contribution in [0.1, 0.15) is 25.6 Å². The molecular formula is C24H22F2N2O5S. The van der Waals surface area contributed by atoms with E-state index in [0.29, 0.717) is 17.0 Å². The van der Waals surface area contributed by atoms with E-state index in [0.717, 1.165) is 5.56 Å². The lowest BCUT2D eigenvalue weighted by Crippen LogP contribution is -2.31. The van der Waals surface area contributed by atoms with Crippen LogP contribution in [0.4, 0.5) is 14.5 Å². The molecule has 34 heavy (non-hydrogen) atoms. The van der Waals surface area contributed by atoms with E-state index < -0.39 is 25.1 Å². The summed E-state index contributed by atoms with van der Waals surface area (Å²) in [4.78, 5) is 39.2. The van der Waals surface area contributed by atoms with Crippen LogP contribution in [0.3, 0.4) is 0 Å². The Morgan fingerprint density at radius 2 is 1.76 bits per heavy atom. The zero-order chi connectivity index (χ0) is 24.5. The van der Waals surface area contributed by atoms with Crippen LogP contribution in [0.5, 0.6) is 5.75 Å².